The Morgan fingerprint density at radius 1 is 1.28 bits per heavy atom. The third-order valence-electron chi connectivity index (χ3n) is 2.85. The molecule has 0 unspecified atom stereocenters. The van der Waals surface area contributed by atoms with Crippen LogP contribution in [0.5, 0.6) is 0 Å². The maximum Gasteiger partial charge on any atom is 0.123 e. The largest absolute Gasteiger partial charge is 0.464 e. The van der Waals surface area contributed by atoms with Gasteiger partial charge in [0.2, 0.25) is 0 Å². The number of halogens is 1. The molecular formula is C14H17BrN2O. The Labute approximate surface area is 116 Å². The van der Waals surface area contributed by atoms with Crippen molar-refractivity contribution in [2.24, 2.45) is 5.73 Å². The Kier molecular flexibility index (Phi) is 4.09. The minimum atomic E-state index is 0.556. The molecule has 0 atom stereocenters. The second-order valence-corrected chi connectivity index (χ2v) is 5.21. The monoisotopic (exact) mass is 308 g/mol. The van der Waals surface area contributed by atoms with Crippen LogP contribution in [-0.2, 0) is 13.1 Å². The highest BCUT2D eigenvalue weighted by Crippen LogP contribution is 2.27. The third-order valence-corrected chi connectivity index (χ3v) is 3.48. The molecule has 4 heteroatoms. The van der Waals surface area contributed by atoms with E-state index in [1.54, 1.807) is 0 Å². The van der Waals surface area contributed by atoms with E-state index in [0.717, 1.165) is 33.8 Å². The number of hydrogen-bond acceptors (Lipinski definition) is 3. The van der Waals surface area contributed by atoms with E-state index in [2.05, 4.69) is 33.0 Å². The molecule has 1 aromatic heterocycles. The molecule has 2 N–H and O–H groups in total. The van der Waals surface area contributed by atoms with Crippen LogP contribution < -0.4 is 10.6 Å². The zero-order chi connectivity index (χ0) is 13.1. The van der Waals surface area contributed by atoms with E-state index in [9.17, 15) is 0 Å². The summed E-state index contributed by atoms with van der Waals surface area (Å²) in [5.74, 6) is 1.90. The Morgan fingerprint density at radius 2 is 2.06 bits per heavy atom. The molecule has 0 aliphatic carbocycles. The van der Waals surface area contributed by atoms with Crippen molar-refractivity contribution in [3.8, 4) is 0 Å². The van der Waals surface area contributed by atoms with Gasteiger partial charge in [0.15, 0.2) is 0 Å². The van der Waals surface area contributed by atoms with Gasteiger partial charge in [-0.3, -0.25) is 0 Å². The lowest BCUT2D eigenvalue weighted by Crippen LogP contribution is -2.16. The van der Waals surface area contributed by atoms with E-state index >= 15 is 0 Å². The second kappa shape index (κ2) is 5.59. The summed E-state index contributed by atoms with van der Waals surface area (Å²) in [4.78, 5) is 2.14. The van der Waals surface area contributed by atoms with Gasteiger partial charge in [0.05, 0.1) is 12.2 Å². The SMILES string of the molecule is Cc1ccc(CN(C)c2ccc(CN)cc2Br)o1. The molecule has 2 rings (SSSR count). The van der Waals surface area contributed by atoms with Gasteiger partial charge in [0.25, 0.3) is 0 Å². The lowest BCUT2D eigenvalue weighted by atomic mass is 10.2. The molecule has 1 aromatic carbocycles. The highest BCUT2D eigenvalue weighted by Gasteiger charge is 2.09. The van der Waals surface area contributed by atoms with Gasteiger partial charge in [0, 0.05) is 18.1 Å². The Morgan fingerprint density at radius 3 is 2.61 bits per heavy atom. The fourth-order valence-electron chi connectivity index (χ4n) is 1.88. The van der Waals surface area contributed by atoms with E-state index in [-0.39, 0.29) is 0 Å². The molecule has 96 valence electrons. The average Bonchev–Trinajstić information content (AvgIpc) is 2.74. The molecule has 1 heterocycles. The molecule has 18 heavy (non-hydrogen) atoms. The molecular weight excluding hydrogens is 292 g/mol. The minimum Gasteiger partial charge on any atom is -0.464 e. The van der Waals surface area contributed by atoms with Crippen molar-refractivity contribution in [2.75, 3.05) is 11.9 Å². The molecule has 3 nitrogen and oxygen atoms in total. The summed E-state index contributed by atoms with van der Waals surface area (Å²) in [7, 11) is 2.04. The maximum absolute atomic E-state index is 5.62. The number of rotatable bonds is 4. The number of nitrogens with zero attached hydrogens (tertiary/aromatic N) is 1. The van der Waals surface area contributed by atoms with E-state index < -0.39 is 0 Å². The van der Waals surface area contributed by atoms with Crippen molar-refractivity contribution in [3.05, 3.63) is 51.9 Å². The maximum atomic E-state index is 5.62. The quantitative estimate of drug-likeness (QED) is 0.940. The summed E-state index contributed by atoms with van der Waals surface area (Å²) in [5.41, 5.74) is 7.87. The van der Waals surface area contributed by atoms with Crippen molar-refractivity contribution in [3.63, 3.8) is 0 Å². The fourth-order valence-corrected chi connectivity index (χ4v) is 2.60. The lowest BCUT2D eigenvalue weighted by Gasteiger charge is -2.20. The number of furan rings is 1. The van der Waals surface area contributed by atoms with Gasteiger partial charge in [0.1, 0.15) is 11.5 Å². The Hall–Kier alpha value is -1.26. The van der Waals surface area contributed by atoms with Gasteiger partial charge in [-0.15, -0.1) is 0 Å². The van der Waals surface area contributed by atoms with Gasteiger partial charge >= 0.3 is 0 Å². The molecule has 2 aromatic rings. The number of aryl methyl sites for hydroxylation is 1. The number of anilines is 1. The summed E-state index contributed by atoms with van der Waals surface area (Å²) in [6, 6.07) is 10.2. The zero-order valence-corrected chi connectivity index (χ0v) is 12.2. The van der Waals surface area contributed by atoms with E-state index in [1.165, 1.54) is 0 Å². The summed E-state index contributed by atoms with van der Waals surface area (Å²) < 4.78 is 6.64. The van der Waals surface area contributed by atoms with Crippen molar-refractivity contribution in [1.82, 2.24) is 0 Å². The van der Waals surface area contributed by atoms with Crippen LogP contribution in [0.4, 0.5) is 5.69 Å². The molecule has 0 spiro atoms. The van der Waals surface area contributed by atoms with Crippen LogP contribution in [0.1, 0.15) is 17.1 Å². The van der Waals surface area contributed by atoms with Gasteiger partial charge in [-0.25, -0.2) is 0 Å². The van der Waals surface area contributed by atoms with Crippen molar-refractivity contribution >= 4 is 21.6 Å². The molecule has 0 aliphatic rings. The molecule has 0 bridgehead atoms. The van der Waals surface area contributed by atoms with Crippen LogP contribution in [0.3, 0.4) is 0 Å². The summed E-state index contributed by atoms with van der Waals surface area (Å²) >= 11 is 3.58. The molecule has 0 amide bonds. The Balaban J connectivity index is 2.15. The van der Waals surface area contributed by atoms with Crippen molar-refractivity contribution in [2.45, 2.75) is 20.0 Å². The van der Waals surface area contributed by atoms with Gasteiger partial charge in [-0.2, -0.15) is 0 Å². The van der Waals surface area contributed by atoms with Crippen LogP contribution in [0.25, 0.3) is 0 Å². The van der Waals surface area contributed by atoms with Gasteiger partial charge in [-0.05, 0) is 52.7 Å². The average molecular weight is 309 g/mol. The Bertz CT molecular complexity index is 536. The second-order valence-electron chi connectivity index (χ2n) is 4.36. The van der Waals surface area contributed by atoms with Gasteiger partial charge in [-0.1, -0.05) is 6.07 Å². The molecule has 0 fully saturated rings. The topological polar surface area (TPSA) is 42.4 Å². The van der Waals surface area contributed by atoms with E-state index in [1.807, 2.05) is 32.2 Å². The van der Waals surface area contributed by atoms with Crippen molar-refractivity contribution in [1.29, 1.82) is 0 Å². The van der Waals surface area contributed by atoms with Crippen LogP contribution in [0.2, 0.25) is 0 Å². The minimum absolute atomic E-state index is 0.556. The first-order valence-electron chi connectivity index (χ1n) is 5.85. The first-order valence-corrected chi connectivity index (χ1v) is 6.64. The predicted molar refractivity (Wildman–Crippen MR) is 77.6 cm³/mol. The van der Waals surface area contributed by atoms with E-state index in [4.69, 9.17) is 10.2 Å². The standard InChI is InChI=1S/C14H17BrN2O/c1-10-3-5-12(18-10)9-17(2)14-6-4-11(8-16)7-13(14)15/h3-7H,8-9,16H2,1-2H3. The highest BCUT2D eigenvalue weighted by molar-refractivity contribution is 9.10. The third kappa shape index (κ3) is 2.94. The lowest BCUT2D eigenvalue weighted by molar-refractivity contribution is 0.481. The van der Waals surface area contributed by atoms with Gasteiger partial charge < -0.3 is 15.1 Å². The van der Waals surface area contributed by atoms with Crippen LogP contribution >= 0.6 is 15.9 Å². The van der Waals surface area contributed by atoms with E-state index in [0.29, 0.717) is 6.54 Å². The van der Waals surface area contributed by atoms with Crippen LogP contribution in [-0.4, -0.2) is 7.05 Å². The molecule has 0 radical (unpaired) electrons. The molecule has 0 aliphatic heterocycles. The summed E-state index contributed by atoms with van der Waals surface area (Å²) in [5, 5.41) is 0. The number of nitrogens with two attached hydrogens (primary N) is 1. The van der Waals surface area contributed by atoms with Crippen LogP contribution in [0, 0.1) is 6.92 Å². The fraction of sp³-hybridized carbons (Fsp3) is 0.286. The number of benzene rings is 1. The van der Waals surface area contributed by atoms with Crippen molar-refractivity contribution < 1.29 is 4.42 Å². The summed E-state index contributed by atoms with van der Waals surface area (Å²) in [6.07, 6.45) is 0. The molecule has 0 saturated carbocycles. The molecule has 0 saturated heterocycles. The van der Waals surface area contributed by atoms with Crippen LogP contribution in [0.15, 0.2) is 39.2 Å². The smallest absolute Gasteiger partial charge is 0.123 e. The normalized spacial score (nSPS) is 10.7. The highest BCUT2D eigenvalue weighted by atomic mass is 79.9. The first kappa shape index (κ1) is 13.2. The predicted octanol–water partition coefficient (Wildman–Crippen LogP) is 3.45. The zero-order valence-electron chi connectivity index (χ0n) is 10.6. The number of hydrogen-bond donors (Lipinski definition) is 1. The first-order chi connectivity index (χ1) is 8.60. The summed E-state index contributed by atoms with van der Waals surface area (Å²) in [6.45, 7) is 3.25.